The van der Waals surface area contributed by atoms with Crippen molar-refractivity contribution in [3.05, 3.63) is 58.9 Å². The minimum Gasteiger partial charge on any atom is -0.497 e. The topological polar surface area (TPSA) is 49.2 Å². The van der Waals surface area contributed by atoms with E-state index in [2.05, 4.69) is 14.8 Å². The highest BCUT2D eigenvalue weighted by Crippen LogP contribution is 2.31. The van der Waals surface area contributed by atoms with E-state index in [-0.39, 0.29) is 11.9 Å². The highest BCUT2D eigenvalue weighted by molar-refractivity contribution is 7.98. The zero-order chi connectivity index (χ0) is 20.2. The average Bonchev–Trinajstić information content (AvgIpc) is 3.38. The van der Waals surface area contributed by atoms with E-state index in [0.717, 1.165) is 36.6 Å². The van der Waals surface area contributed by atoms with Crippen molar-refractivity contribution in [2.75, 3.05) is 13.7 Å². The molecular weight excluding hydrogens is 413 g/mol. The van der Waals surface area contributed by atoms with Gasteiger partial charge in [-0.1, -0.05) is 29.4 Å². The molecule has 0 radical (unpaired) electrons. The van der Waals surface area contributed by atoms with E-state index in [0.29, 0.717) is 28.0 Å². The van der Waals surface area contributed by atoms with Gasteiger partial charge in [-0.3, -0.25) is 4.57 Å². The smallest absolute Gasteiger partial charge is 0.191 e. The highest BCUT2D eigenvalue weighted by Gasteiger charge is 2.22. The molecular formula is C21H21ClFN3O2S. The number of ether oxygens (including phenoxy) is 2. The lowest BCUT2D eigenvalue weighted by atomic mass is 10.2. The molecule has 1 aliphatic rings. The third-order valence-corrected chi connectivity index (χ3v) is 6.23. The lowest BCUT2D eigenvalue weighted by Crippen LogP contribution is -2.16. The van der Waals surface area contributed by atoms with Crippen LogP contribution in [0.25, 0.3) is 11.4 Å². The maximum Gasteiger partial charge on any atom is 0.191 e. The van der Waals surface area contributed by atoms with Gasteiger partial charge in [0.25, 0.3) is 0 Å². The van der Waals surface area contributed by atoms with Gasteiger partial charge in [0.2, 0.25) is 0 Å². The van der Waals surface area contributed by atoms with Gasteiger partial charge in [-0.15, -0.1) is 10.2 Å². The lowest BCUT2D eigenvalue weighted by molar-refractivity contribution is 0.0953. The molecule has 0 saturated carbocycles. The van der Waals surface area contributed by atoms with Gasteiger partial charge >= 0.3 is 0 Å². The molecule has 1 unspecified atom stereocenters. The summed E-state index contributed by atoms with van der Waals surface area (Å²) in [6.07, 6.45) is 2.18. The van der Waals surface area contributed by atoms with Gasteiger partial charge in [0.1, 0.15) is 11.6 Å². The van der Waals surface area contributed by atoms with Crippen LogP contribution < -0.4 is 4.74 Å². The normalized spacial score (nSPS) is 16.3. The summed E-state index contributed by atoms with van der Waals surface area (Å²) in [4.78, 5) is 0. The molecule has 0 spiro atoms. The Morgan fingerprint density at radius 3 is 2.76 bits per heavy atom. The second-order valence-corrected chi connectivity index (χ2v) is 8.12. The lowest BCUT2D eigenvalue weighted by Gasteiger charge is -2.15. The molecule has 2 aromatic carbocycles. The monoisotopic (exact) mass is 433 g/mol. The van der Waals surface area contributed by atoms with Crippen LogP contribution in [-0.2, 0) is 17.0 Å². The third kappa shape index (κ3) is 4.57. The van der Waals surface area contributed by atoms with Crippen LogP contribution in [0.5, 0.6) is 5.75 Å². The molecule has 1 aliphatic heterocycles. The quantitative estimate of drug-likeness (QED) is 0.478. The first-order valence-corrected chi connectivity index (χ1v) is 10.8. The predicted molar refractivity (Wildman–Crippen MR) is 112 cm³/mol. The Labute approximate surface area is 178 Å². The highest BCUT2D eigenvalue weighted by atomic mass is 35.5. The van der Waals surface area contributed by atoms with Gasteiger partial charge in [-0.25, -0.2) is 4.39 Å². The molecule has 152 valence electrons. The fraction of sp³-hybridized carbons (Fsp3) is 0.333. The summed E-state index contributed by atoms with van der Waals surface area (Å²) < 4.78 is 27.3. The molecule has 5 nitrogen and oxygen atoms in total. The molecule has 0 bridgehead atoms. The van der Waals surface area contributed by atoms with Crippen molar-refractivity contribution in [2.45, 2.75) is 36.4 Å². The summed E-state index contributed by atoms with van der Waals surface area (Å²) in [5.74, 6) is 1.59. The van der Waals surface area contributed by atoms with Crippen LogP contribution in [0, 0.1) is 5.82 Å². The Kier molecular flexibility index (Phi) is 6.37. The number of hydrogen-bond acceptors (Lipinski definition) is 5. The van der Waals surface area contributed by atoms with Gasteiger partial charge in [0.15, 0.2) is 11.0 Å². The van der Waals surface area contributed by atoms with Crippen LogP contribution >= 0.6 is 23.4 Å². The molecule has 1 saturated heterocycles. The van der Waals surface area contributed by atoms with E-state index in [1.807, 2.05) is 24.3 Å². The third-order valence-electron chi connectivity index (χ3n) is 4.88. The molecule has 3 aromatic rings. The summed E-state index contributed by atoms with van der Waals surface area (Å²) in [5, 5.41) is 9.91. The molecule has 8 heteroatoms. The fourth-order valence-electron chi connectivity index (χ4n) is 3.31. The van der Waals surface area contributed by atoms with Crippen molar-refractivity contribution < 1.29 is 13.9 Å². The van der Waals surface area contributed by atoms with E-state index in [1.54, 1.807) is 19.2 Å². The Hall–Kier alpha value is -2.09. The van der Waals surface area contributed by atoms with Crippen molar-refractivity contribution in [2.24, 2.45) is 0 Å². The number of benzene rings is 2. The Morgan fingerprint density at radius 1 is 1.24 bits per heavy atom. The summed E-state index contributed by atoms with van der Waals surface area (Å²) in [7, 11) is 1.64. The maximum absolute atomic E-state index is 14.2. The van der Waals surface area contributed by atoms with Gasteiger partial charge < -0.3 is 9.47 Å². The number of rotatable bonds is 7. The minimum atomic E-state index is -0.314. The molecule has 0 aliphatic carbocycles. The SMILES string of the molecule is COc1ccc(-c2nnc(SCc3c(F)cccc3Cl)n2CC2CCCO2)cc1. The van der Waals surface area contributed by atoms with E-state index >= 15 is 0 Å². The van der Waals surface area contributed by atoms with Crippen LogP contribution in [0.1, 0.15) is 18.4 Å². The number of methoxy groups -OCH3 is 1. The van der Waals surface area contributed by atoms with E-state index in [9.17, 15) is 4.39 Å². The maximum atomic E-state index is 14.2. The number of thioether (sulfide) groups is 1. The Bertz CT molecular complexity index is 954. The summed E-state index contributed by atoms with van der Waals surface area (Å²) in [6.45, 7) is 1.43. The van der Waals surface area contributed by atoms with Gasteiger partial charge in [-0.2, -0.15) is 0 Å². The number of hydrogen-bond donors (Lipinski definition) is 0. The van der Waals surface area contributed by atoms with Crippen LogP contribution in [0.15, 0.2) is 47.6 Å². The van der Waals surface area contributed by atoms with E-state index in [4.69, 9.17) is 21.1 Å². The number of nitrogens with zero attached hydrogens (tertiary/aromatic N) is 3. The van der Waals surface area contributed by atoms with Crippen LogP contribution in [-0.4, -0.2) is 34.6 Å². The molecule has 1 atom stereocenters. The standard InChI is InChI=1S/C21H21ClFN3O2S/c1-27-15-9-7-14(8-10-15)20-24-25-21(26(20)12-16-4-3-11-28-16)29-13-17-18(22)5-2-6-19(17)23/h2,5-10,16H,3-4,11-13H2,1H3. The predicted octanol–water partition coefficient (Wildman–Crippen LogP) is 5.22. The zero-order valence-electron chi connectivity index (χ0n) is 16.0. The van der Waals surface area contributed by atoms with Gasteiger partial charge in [-0.05, 0) is 49.2 Å². The van der Waals surface area contributed by atoms with Crippen molar-refractivity contribution >= 4 is 23.4 Å². The van der Waals surface area contributed by atoms with Crippen molar-refractivity contribution in [1.82, 2.24) is 14.8 Å². The molecule has 1 aromatic heterocycles. The Balaban J connectivity index is 1.62. The Morgan fingerprint density at radius 2 is 2.07 bits per heavy atom. The average molecular weight is 434 g/mol. The molecule has 2 heterocycles. The first-order valence-electron chi connectivity index (χ1n) is 9.40. The largest absolute Gasteiger partial charge is 0.497 e. The van der Waals surface area contributed by atoms with Crippen molar-refractivity contribution in [3.63, 3.8) is 0 Å². The summed E-state index contributed by atoms with van der Waals surface area (Å²) in [6, 6.07) is 12.4. The molecule has 29 heavy (non-hydrogen) atoms. The fourth-order valence-corrected chi connectivity index (χ4v) is 4.60. The molecule has 0 amide bonds. The van der Waals surface area contributed by atoms with Crippen LogP contribution in [0.4, 0.5) is 4.39 Å². The molecule has 1 fully saturated rings. The van der Waals surface area contributed by atoms with Crippen LogP contribution in [0.2, 0.25) is 5.02 Å². The van der Waals surface area contributed by atoms with E-state index in [1.165, 1.54) is 17.8 Å². The molecule has 0 N–H and O–H groups in total. The second-order valence-electron chi connectivity index (χ2n) is 6.77. The van der Waals surface area contributed by atoms with Crippen molar-refractivity contribution in [3.8, 4) is 17.1 Å². The first kappa shape index (κ1) is 20.2. The van der Waals surface area contributed by atoms with Gasteiger partial charge in [0.05, 0.1) is 19.8 Å². The summed E-state index contributed by atoms with van der Waals surface area (Å²) in [5.41, 5.74) is 1.41. The summed E-state index contributed by atoms with van der Waals surface area (Å²) >= 11 is 7.59. The molecule has 4 rings (SSSR count). The number of halogens is 2. The van der Waals surface area contributed by atoms with Crippen molar-refractivity contribution in [1.29, 1.82) is 0 Å². The van der Waals surface area contributed by atoms with Gasteiger partial charge in [0, 0.05) is 28.5 Å². The second kappa shape index (κ2) is 9.15. The minimum absolute atomic E-state index is 0.124. The van der Waals surface area contributed by atoms with E-state index < -0.39 is 0 Å². The number of aromatic nitrogens is 3. The first-order chi connectivity index (χ1) is 14.2. The van der Waals surface area contributed by atoms with Crippen LogP contribution in [0.3, 0.4) is 0 Å². The zero-order valence-corrected chi connectivity index (χ0v) is 17.5.